The van der Waals surface area contributed by atoms with Gasteiger partial charge in [0, 0.05) is 74.1 Å². The third-order valence-electron chi connectivity index (χ3n) is 21.1. The van der Waals surface area contributed by atoms with E-state index in [2.05, 4.69) is 71.7 Å². The molecule has 0 aliphatic heterocycles. The number of ether oxygens (including phenoxy) is 4. The molecule has 0 N–H and O–H groups in total. The minimum atomic E-state index is -0.413. The minimum absolute atomic E-state index is 0.0135. The van der Waals surface area contributed by atoms with Gasteiger partial charge >= 0.3 is 0 Å². The van der Waals surface area contributed by atoms with Crippen LogP contribution in [0.3, 0.4) is 0 Å². The summed E-state index contributed by atoms with van der Waals surface area (Å²) >= 11 is 24.2. The van der Waals surface area contributed by atoms with Crippen LogP contribution < -0.4 is 18.9 Å². The van der Waals surface area contributed by atoms with Crippen LogP contribution in [-0.2, 0) is 0 Å². The lowest BCUT2D eigenvalue weighted by atomic mass is 9.83. The highest BCUT2D eigenvalue weighted by molar-refractivity contribution is 6.33. The van der Waals surface area contributed by atoms with Crippen molar-refractivity contribution >= 4 is 69.5 Å². The van der Waals surface area contributed by atoms with Gasteiger partial charge in [-0.05, 0) is 228 Å². The molecule has 23 heteroatoms. The molecule has 8 aromatic rings. The van der Waals surface area contributed by atoms with Crippen LogP contribution >= 0.6 is 46.4 Å². The Morgan fingerprint density at radius 3 is 1.02 bits per heavy atom. The number of nitriles is 4. The first-order valence-corrected chi connectivity index (χ1v) is 40.6. The number of ketones is 4. The smallest absolute Gasteiger partial charge is 0.183 e. The Kier molecular flexibility index (Phi) is 33.2. The predicted octanol–water partition coefficient (Wildman–Crippen LogP) is 22.7. The number of rotatable bonds is 24. The zero-order valence-corrected chi connectivity index (χ0v) is 68.3. The number of aromatic nitrogens is 6. The summed E-state index contributed by atoms with van der Waals surface area (Å²) < 4.78 is 38.1. The van der Waals surface area contributed by atoms with Gasteiger partial charge in [0.2, 0.25) is 0 Å². The number of benzene rings is 4. The van der Waals surface area contributed by atoms with Crippen LogP contribution in [0.4, 0.5) is 4.39 Å². The quantitative estimate of drug-likeness (QED) is 0.0508. The van der Waals surface area contributed by atoms with Crippen molar-refractivity contribution in [2.45, 2.75) is 232 Å². The monoisotopic (exact) mass is 1600 g/mol. The predicted molar refractivity (Wildman–Crippen MR) is 435 cm³/mol. The zero-order chi connectivity index (χ0) is 81.3. The lowest BCUT2D eigenvalue weighted by Crippen LogP contribution is -2.25. The van der Waals surface area contributed by atoms with Crippen molar-refractivity contribution in [3.8, 4) is 47.3 Å². The number of hydrogen-bond acceptors (Lipinski definition) is 18. The maximum atomic E-state index is 14.1. The van der Waals surface area contributed by atoms with Gasteiger partial charge in [-0.25, -0.2) is 9.37 Å². The lowest BCUT2D eigenvalue weighted by molar-refractivity contribution is 0.0891. The topological polar surface area (TPSA) is 278 Å². The first-order valence-electron chi connectivity index (χ1n) is 39.1. The number of pyridine rings is 2. The molecule has 113 heavy (non-hydrogen) atoms. The van der Waals surface area contributed by atoms with Gasteiger partial charge < -0.3 is 18.9 Å². The number of hydrogen-bond donors (Lipinski definition) is 0. The van der Waals surface area contributed by atoms with Gasteiger partial charge in [0.25, 0.3) is 0 Å². The first kappa shape index (κ1) is 87.2. The number of nitrogens with zero attached hydrogens (tertiary/aromatic N) is 10. The van der Waals surface area contributed by atoms with Crippen LogP contribution in [0.2, 0.25) is 20.1 Å². The van der Waals surface area contributed by atoms with Gasteiger partial charge in [0.1, 0.15) is 70.2 Å². The van der Waals surface area contributed by atoms with Gasteiger partial charge in [0.05, 0.1) is 90.0 Å². The van der Waals surface area contributed by atoms with E-state index in [0.717, 1.165) is 120 Å². The molecule has 0 radical (unpaired) electrons. The largest absolute Gasteiger partial charge is 0.490 e. The normalized spacial score (nSPS) is 19.2. The number of carbonyl (C=O) groups is 4. The summed E-state index contributed by atoms with van der Waals surface area (Å²) in [4.78, 5) is 67.1. The molecule has 0 bridgehead atoms. The molecule has 12 rings (SSSR count). The Hall–Kier alpha value is -9.73. The molecule has 4 aliphatic carbocycles. The van der Waals surface area contributed by atoms with E-state index in [9.17, 15) is 23.6 Å². The van der Waals surface area contributed by atoms with E-state index in [0.29, 0.717) is 155 Å². The van der Waals surface area contributed by atoms with Crippen LogP contribution in [0.25, 0.3) is 0 Å². The Balaban J connectivity index is 0.000000173. The first-order chi connectivity index (χ1) is 54.2. The maximum absolute atomic E-state index is 14.1. The van der Waals surface area contributed by atoms with Gasteiger partial charge in [0.15, 0.2) is 23.1 Å². The summed E-state index contributed by atoms with van der Waals surface area (Å²) in [5.41, 5.74) is 6.92. The highest BCUT2D eigenvalue weighted by atomic mass is 35.5. The summed E-state index contributed by atoms with van der Waals surface area (Å²) in [6.45, 7) is 16.2. The van der Waals surface area contributed by atoms with Crippen LogP contribution in [0.5, 0.6) is 23.0 Å². The third-order valence-corrected chi connectivity index (χ3v) is 22.4. The van der Waals surface area contributed by atoms with Crippen LogP contribution in [0.15, 0.2) is 128 Å². The molecule has 0 spiro atoms. The molecule has 4 fully saturated rings. The number of carbonyl (C=O) groups excluding carboxylic acids is 4. The fourth-order valence-corrected chi connectivity index (χ4v) is 15.1. The molecule has 0 unspecified atom stereocenters. The lowest BCUT2D eigenvalue weighted by Gasteiger charge is -2.28. The molecular formula is C90H97Cl4FN10O8. The van der Waals surface area contributed by atoms with Crippen molar-refractivity contribution in [3.05, 3.63) is 221 Å². The molecule has 590 valence electrons. The molecule has 4 aromatic carbocycles. The molecule has 0 saturated heterocycles. The fraction of sp³-hybridized carbons (Fsp3) is 0.444. The Morgan fingerprint density at radius 1 is 0.372 bits per heavy atom. The third kappa shape index (κ3) is 26.4. The van der Waals surface area contributed by atoms with Crippen molar-refractivity contribution in [1.29, 1.82) is 21.0 Å². The summed E-state index contributed by atoms with van der Waals surface area (Å²) in [6.07, 6.45) is 23.5. The second kappa shape index (κ2) is 42.9. The maximum Gasteiger partial charge on any atom is 0.183 e. The van der Waals surface area contributed by atoms with E-state index in [1.807, 2.05) is 62.5 Å². The SMILES string of the molecule is CC(C)c1ccc(C(=O)CC2CCC(Oc3ccc(C#N)c(Cl)c3)CC2)nc1.CC(C)c1ccc(C(=O)CC2CCC(Oc3ccc(C#N)c(Cl)c3)CC2)nn1.CC(C)c1cnc(C(=O)CC2CCC(Oc3ccc(C#N)c(Cl)c3)CC2)cn1.CC(C)c1ncc(C(=O)CC2CCC(Oc3ccc(C#N)c(Cl)c3)CC2)cc1F. The molecule has 0 atom stereocenters. The van der Waals surface area contributed by atoms with Crippen molar-refractivity contribution < 1.29 is 42.5 Å². The molecule has 18 nitrogen and oxygen atoms in total. The average molecular weight is 1610 g/mol. The highest BCUT2D eigenvalue weighted by Gasteiger charge is 2.31. The molecule has 4 saturated carbocycles. The van der Waals surface area contributed by atoms with Gasteiger partial charge in [-0.15, -0.1) is 5.10 Å². The van der Waals surface area contributed by atoms with E-state index in [-0.39, 0.29) is 59.4 Å². The summed E-state index contributed by atoms with van der Waals surface area (Å²) in [5.74, 6) is 4.84. The van der Waals surface area contributed by atoms with E-state index in [1.54, 1.807) is 91.3 Å². The Bertz CT molecular complexity index is 4370. The second-order valence-electron chi connectivity index (χ2n) is 30.9. The second-order valence-corrected chi connectivity index (χ2v) is 32.6. The van der Waals surface area contributed by atoms with E-state index >= 15 is 0 Å². The van der Waals surface area contributed by atoms with E-state index < -0.39 is 5.82 Å². The molecule has 0 amide bonds. The zero-order valence-electron chi connectivity index (χ0n) is 65.3. The van der Waals surface area contributed by atoms with Crippen molar-refractivity contribution in [1.82, 2.24) is 30.1 Å². The Morgan fingerprint density at radius 2 is 0.726 bits per heavy atom. The fourth-order valence-electron chi connectivity index (χ4n) is 14.2. The average Bonchev–Trinajstić information content (AvgIpc) is 0.894. The van der Waals surface area contributed by atoms with Crippen LogP contribution in [0, 0.1) is 74.8 Å². The van der Waals surface area contributed by atoms with Crippen LogP contribution in [0.1, 0.15) is 294 Å². The van der Waals surface area contributed by atoms with Crippen LogP contribution in [-0.4, -0.2) is 77.7 Å². The minimum Gasteiger partial charge on any atom is -0.490 e. The van der Waals surface area contributed by atoms with Gasteiger partial charge in [-0.2, -0.15) is 26.1 Å². The van der Waals surface area contributed by atoms with E-state index in [4.69, 9.17) is 86.4 Å². The summed E-state index contributed by atoms with van der Waals surface area (Å²) in [5, 5.41) is 45.6. The molecule has 4 aliphatic rings. The molecule has 4 heterocycles. The van der Waals surface area contributed by atoms with Gasteiger partial charge in [-0.1, -0.05) is 108 Å². The van der Waals surface area contributed by atoms with Crippen molar-refractivity contribution in [2.75, 3.05) is 0 Å². The van der Waals surface area contributed by atoms with Gasteiger partial charge in [-0.3, -0.25) is 34.1 Å². The number of Topliss-reactive ketones (excluding diaryl/α,β-unsaturated/α-hetero) is 4. The highest BCUT2D eigenvalue weighted by Crippen LogP contribution is 2.38. The molecule has 4 aromatic heterocycles. The number of halogens is 5. The van der Waals surface area contributed by atoms with Crippen molar-refractivity contribution in [2.24, 2.45) is 23.7 Å². The molecular weight excluding hydrogens is 1510 g/mol. The van der Waals surface area contributed by atoms with Crippen molar-refractivity contribution in [3.63, 3.8) is 0 Å². The summed E-state index contributed by atoms with van der Waals surface area (Å²) in [7, 11) is 0. The van der Waals surface area contributed by atoms with E-state index in [1.165, 1.54) is 12.3 Å². The standard InChI is InChI=1S/C23H24ClFN2O2.C23H25ClN2O2.2C22H24ClN3O2/c1-14(2)23-21(25)10-17(13-27-23)22(28)9-15-3-6-18(7-4-15)29-19-8-5-16(12-26)20(24)11-19;1-15(2)18-6-10-22(26-14-18)23(27)11-16-3-7-19(8-4-16)28-20-9-5-17(13-25)21(24)12-20;1-14(2)20-12-26-21(13-25-20)22(27)9-15-3-6-17(7-4-15)28-18-8-5-16(11-24)19(23)10-18;1-14(2)20-9-10-21(26-25-20)22(27)11-15-3-6-17(7-4-15)28-18-8-5-16(13-24)19(23)12-18/h5,8,10-11,13-15,18H,3-4,6-7,9H2,1-2H3;5-6,9-10,12,14-16,19H,3-4,7-8,11H2,1-2H3;5,8,10,12-15,17H,3-4,6-7,9H2,1-2H3;5,8-10,12,14-15,17H,3-4,6-7,11H2,1-2H3. The summed E-state index contributed by atoms with van der Waals surface area (Å²) in [6, 6.07) is 37.5. The Labute approximate surface area is 683 Å².